The van der Waals surface area contributed by atoms with Crippen LogP contribution < -0.4 is 10.6 Å². The smallest absolute Gasteiger partial charge is 0.148 e. The highest BCUT2D eigenvalue weighted by molar-refractivity contribution is 5.85. The lowest BCUT2D eigenvalue weighted by molar-refractivity contribution is 0.694. The van der Waals surface area contributed by atoms with Gasteiger partial charge in [-0.1, -0.05) is 0 Å². The van der Waals surface area contributed by atoms with Gasteiger partial charge in [0.1, 0.15) is 5.82 Å². The molecule has 0 bridgehead atoms. The van der Waals surface area contributed by atoms with Crippen LogP contribution in [0.5, 0.6) is 0 Å². The fourth-order valence-corrected chi connectivity index (χ4v) is 3.21. The third kappa shape index (κ3) is 2.91. The molecule has 6 nitrogen and oxygen atoms in total. The molecule has 4 rings (SSSR count). The molecule has 22 heavy (non-hydrogen) atoms. The molecular formula is C14H20Cl2N6. The summed E-state index contributed by atoms with van der Waals surface area (Å²) < 4.78 is 1.80. The van der Waals surface area contributed by atoms with Crippen LogP contribution in [0.25, 0.3) is 11.3 Å². The fourth-order valence-electron chi connectivity index (χ4n) is 3.21. The van der Waals surface area contributed by atoms with Crippen LogP contribution in [0, 0.1) is 18.8 Å². The maximum absolute atomic E-state index is 4.33. The number of piperidine rings is 1. The topological polar surface area (TPSA) is 67.7 Å². The standard InChI is InChI=1S/C14H18N6.2ClH/c1-8-11(7-20(2)19-8)12-3-4-13(18-17-12)16-14-9-5-15-6-10(9)14;;/h3-4,7,9-10,14-15H,5-6H2,1-2H3,(H,16,18);2*1H/t9-,10+,14?;;. The Balaban J connectivity index is 0.000000882. The summed E-state index contributed by atoms with van der Waals surface area (Å²) >= 11 is 0. The first kappa shape index (κ1) is 17.0. The number of nitrogens with one attached hydrogen (secondary N) is 2. The average molecular weight is 343 g/mol. The summed E-state index contributed by atoms with van der Waals surface area (Å²) in [4.78, 5) is 0. The molecule has 1 aliphatic heterocycles. The number of rotatable bonds is 3. The van der Waals surface area contributed by atoms with Gasteiger partial charge >= 0.3 is 0 Å². The Hall–Kier alpha value is -1.37. The Kier molecular flexibility index (Phi) is 4.94. The molecule has 2 aromatic rings. The van der Waals surface area contributed by atoms with Gasteiger partial charge in [-0.05, 0) is 30.9 Å². The highest BCUT2D eigenvalue weighted by atomic mass is 35.5. The van der Waals surface area contributed by atoms with Crippen LogP contribution in [0.4, 0.5) is 5.82 Å². The van der Waals surface area contributed by atoms with Crippen LogP contribution in [0.3, 0.4) is 0 Å². The summed E-state index contributed by atoms with van der Waals surface area (Å²) in [7, 11) is 1.92. The highest BCUT2D eigenvalue weighted by Gasteiger charge is 2.53. The molecule has 3 atom stereocenters. The van der Waals surface area contributed by atoms with E-state index in [1.165, 1.54) is 0 Å². The van der Waals surface area contributed by atoms with Crippen LogP contribution in [0.1, 0.15) is 5.69 Å². The number of halogens is 2. The molecular weight excluding hydrogens is 323 g/mol. The average Bonchev–Trinajstić information content (AvgIpc) is 2.80. The zero-order valence-electron chi connectivity index (χ0n) is 12.5. The van der Waals surface area contributed by atoms with Gasteiger partial charge in [-0.3, -0.25) is 4.68 Å². The van der Waals surface area contributed by atoms with Crippen LogP contribution >= 0.6 is 24.8 Å². The summed E-state index contributed by atoms with van der Waals surface area (Å²) in [6, 6.07) is 4.60. The van der Waals surface area contributed by atoms with E-state index in [0.29, 0.717) is 6.04 Å². The molecule has 2 aromatic heterocycles. The molecule has 2 fully saturated rings. The molecule has 0 amide bonds. The monoisotopic (exact) mass is 342 g/mol. The van der Waals surface area contributed by atoms with E-state index in [4.69, 9.17) is 0 Å². The van der Waals surface area contributed by atoms with Crippen molar-refractivity contribution in [3.8, 4) is 11.3 Å². The predicted molar refractivity (Wildman–Crippen MR) is 90.7 cm³/mol. The lowest BCUT2D eigenvalue weighted by atomic mass is 10.2. The third-order valence-corrected chi connectivity index (χ3v) is 4.36. The van der Waals surface area contributed by atoms with E-state index in [0.717, 1.165) is 47.7 Å². The first-order chi connectivity index (χ1) is 9.72. The number of hydrogen-bond donors (Lipinski definition) is 2. The molecule has 1 unspecified atom stereocenters. The SMILES string of the molecule is Cc1nn(C)cc1-c1ccc(NC2[C@H]3CNC[C@@H]23)nn1.Cl.Cl. The van der Waals surface area contributed by atoms with Gasteiger partial charge in [-0.15, -0.1) is 35.0 Å². The predicted octanol–water partition coefficient (Wildman–Crippen LogP) is 1.66. The summed E-state index contributed by atoms with van der Waals surface area (Å²) in [6.45, 7) is 4.24. The second-order valence-corrected chi connectivity index (χ2v) is 5.76. The van der Waals surface area contributed by atoms with E-state index in [9.17, 15) is 0 Å². The van der Waals surface area contributed by atoms with Crippen molar-refractivity contribution in [1.82, 2.24) is 25.3 Å². The van der Waals surface area contributed by atoms with Crippen LogP contribution in [0.15, 0.2) is 18.3 Å². The van der Waals surface area contributed by atoms with Crippen molar-refractivity contribution in [2.75, 3.05) is 18.4 Å². The highest BCUT2D eigenvalue weighted by Crippen LogP contribution is 2.43. The molecule has 3 heterocycles. The number of nitrogens with zero attached hydrogens (tertiary/aromatic N) is 4. The van der Waals surface area contributed by atoms with Gasteiger partial charge in [0, 0.05) is 37.9 Å². The number of aromatic nitrogens is 4. The first-order valence-electron chi connectivity index (χ1n) is 7.04. The molecule has 2 aliphatic rings. The molecule has 0 aromatic carbocycles. The molecule has 0 spiro atoms. The largest absolute Gasteiger partial charge is 0.365 e. The van der Waals surface area contributed by atoms with Crippen LogP contribution in [-0.2, 0) is 7.05 Å². The second kappa shape index (κ2) is 6.40. The molecule has 1 saturated heterocycles. The molecule has 1 aliphatic carbocycles. The second-order valence-electron chi connectivity index (χ2n) is 5.76. The van der Waals surface area contributed by atoms with Gasteiger partial charge in [0.2, 0.25) is 0 Å². The summed E-state index contributed by atoms with van der Waals surface area (Å²) in [5.41, 5.74) is 2.89. The van der Waals surface area contributed by atoms with Crippen LogP contribution in [0.2, 0.25) is 0 Å². The molecule has 120 valence electrons. The first-order valence-corrected chi connectivity index (χ1v) is 7.04. The van der Waals surface area contributed by atoms with Crippen molar-refractivity contribution in [3.05, 3.63) is 24.0 Å². The molecule has 8 heteroatoms. The number of aryl methyl sites for hydroxylation is 2. The number of fused-ring (bicyclic) bond motifs is 1. The van der Waals surface area contributed by atoms with Crippen molar-refractivity contribution >= 4 is 30.6 Å². The summed E-state index contributed by atoms with van der Waals surface area (Å²) in [5, 5.41) is 19.8. The fraction of sp³-hybridized carbons (Fsp3) is 0.500. The van der Waals surface area contributed by atoms with Gasteiger partial charge in [0.05, 0.1) is 11.4 Å². The number of hydrogen-bond acceptors (Lipinski definition) is 5. The minimum absolute atomic E-state index is 0. The zero-order chi connectivity index (χ0) is 13.7. The minimum Gasteiger partial charge on any atom is -0.365 e. The lowest BCUT2D eigenvalue weighted by Crippen LogP contribution is -2.21. The van der Waals surface area contributed by atoms with E-state index in [-0.39, 0.29) is 24.8 Å². The maximum Gasteiger partial charge on any atom is 0.148 e. The Morgan fingerprint density at radius 3 is 2.45 bits per heavy atom. The normalized spacial score (nSPS) is 24.9. The van der Waals surface area contributed by atoms with Crippen molar-refractivity contribution in [2.45, 2.75) is 13.0 Å². The van der Waals surface area contributed by atoms with Gasteiger partial charge in [-0.2, -0.15) is 5.10 Å². The number of anilines is 1. The van der Waals surface area contributed by atoms with E-state index >= 15 is 0 Å². The molecule has 0 radical (unpaired) electrons. The van der Waals surface area contributed by atoms with E-state index in [1.54, 1.807) is 4.68 Å². The summed E-state index contributed by atoms with van der Waals surface area (Å²) in [5.74, 6) is 2.42. The van der Waals surface area contributed by atoms with Gasteiger partial charge < -0.3 is 10.6 Å². The van der Waals surface area contributed by atoms with E-state index in [1.807, 2.05) is 32.3 Å². The Labute approximate surface area is 141 Å². The quantitative estimate of drug-likeness (QED) is 0.887. The molecule has 2 N–H and O–H groups in total. The Bertz CT molecular complexity index is 631. The maximum atomic E-state index is 4.33. The summed E-state index contributed by atoms with van der Waals surface area (Å²) in [6.07, 6.45) is 1.98. The van der Waals surface area contributed by atoms with Crippen molar-refractivity contribution in [1.29, 1.82) is 0 Å². The van der Waals surface area contributed by atoms with Crippen molar-refractivity contribution in [3.63, 3.8) is 0 Å². The van der Waals surface area contributed by atoms with Crippen molar-refractivity contribution in [2.24, 2.45) is 18.9 Å². The van der Waals surface area contributed by atoms with Crippen molar-refractivity contribution < 1.29 is 0 Å². The van der Waals surface area contributed by atoms with Crippen LogP contribution in [-0.4, -0.2) is 39.1 Å². The molecule has 1 saturated carbocycles. The van der Waals surface area contributed by atoms with E-state index in [2.05, 4.69) is 25.9 Å². The lowest BCUT2D eigenvalue weighted by Gasteiger charge is -2.07. The van der Waals surface area contributed by atoms with E-state index < -0.39 is 0 Å². The Morgan fingerprint density at radius 1 is 1.18 bits per heavy atom. The van der Waals surface area contributed by atoms with Gasteiger partial charge in [-0.25, -0.2) is 0 Å². The minimum atomic E-state index is 0. The third-order valence-electron chi connectivity index (χ3n) is 4.36. The van der Waals surface area contributed by atoms with Gasteiger partial charge in [0.25, 0.3) is 0 Å². The van der Waals surface area contributed by atoms with Gasteiger partial charge in [0.15, 0.2) is 0 Å². The Morgan fingerprint density at radius 2 is 1.91 bits per heavy atom. The zero-order valence-corrected chi connectivity index (χ0v) is 14.1.